The molecule has 5 nitrogen and oxygen atoms in total. The predicted octanol–water partition coefficient (Wildman–Crippen LogP) is 1.76. The highest BCUT2D eigenvalue weighted by Crippen LogP contribution is 2.12. The second kappa shape index (κ2) is 8.92. The number of fused-ring (bicyclic) bond motifs is 1. The van der Waals surface area contributed by atoms with E-state index in [4.69, 9.17) is 9.84 Å². The molecule has 0 unspecified atom stereocenters. The van der Waals surface area contributed by atoms with Crippen LogP contribution in [0, 0.1) is 0 Å². The van der Waals surface area contributed by atoms with Gasteiger partial charge in [0.1, 0.15) is 0 Å². The molecule has 0 bridgehead atoms. The molecular formula is C17H20N2O3. The summed E-state index contributed by atoms with van der Waals surface area (Å²) in [4.78, 5) is 16.1. The quantitative estimate of drug-likeness (QED) is 0.575. The Kier molecular flexibility index (Phi) is 6.54. The summed E-state index contributed by atoms with van der Waals surface area (Å²) >= 11 is 0. The van der Waals surface area contributed by atoms with Crippen molar-refractivity contribution in [1.29, 1.82) is 0 Å². The minimum absolute atomic E-state index is 0.0217. The molecule has 0 saturated heterocycles. The van der Waals surface area contributed by atoms with Crippen molar-refractivity contribution in [2.75, 3.05) is 26.4 Å². The summed E-state index contributed by atoms with van der Waals surface area (Å²) < 4.78 is 5.11. The molecule has 0 aliphatic rings. The van der Waals surface area contributed by atoms with Gasteiger partial charge in [0.25, 0.3) is 0 Å². The SMILES string of the molecule is O=C(/C=C/c1ccc2ccccc2n1)NCCCOCCO. The summed E-state index contributed by atoms with van der Waals surface area (Å²) in [6.45, 7) is 1.42. The lowest BCUT2D eigenvalue weighted by Gasteiger charge is -2.03. The number of nitrogens with zero attached hydrogens (tertiary/aromatic N) is 1. The number of aliphatic hydroxyl groups excluding tert-OH is 1. The van der Waals surface area contributed by atoms with Gasteiger partial charge in [-0.15, -0.1) is 0 Å². The standard InChI is InChI=1S/C17H20N2O3/c20-11-13-22-12-3-10-18-17(21)9-8-15-7-6-14-4-1-2-5-16(14)19-15/h1-2,4-9,20H,3,10-13H2,(H,18,21)/b9-8+. The Bertz CT molecular complexity index is 641. The molecule has 0 aliphatic carbocycles. The number of nitrogens with one attached hydrogen (secondary N) is 1. The Morgan fingerprint density at radius 3 is 2.95 bits per heavy atom. The number of hydrogen-bond acceptors (Lipinski definition) is 4. The molecule has 0 radical (unpaired) electrons. The van der Waals surface area contributed by atoms with Crippen molar-refractivity contribution in [1.82, 2.24) is 10.3 Å². The molecule has 1 heterocycles. The van der Waals surface area contributed by atoms with Crippen molar-refractivity contribution in [2.45, 2.75) is 6.42 Å². The van der Waals surface area contributed by atoms with Gasteiger partial charge in [-0.25, -0.2) is 4.98 Å². The summed E-state index contributed by atoms with van der Waals surface area (Å²) in [7, 11) is 0. The topological polar surface area (TPSA) is 71.5 Å². The fourth-order valence-electron chi connectivity index (χ4n) is 1.95. The second-order valence-corrected chi connectivity index (χ2v) is 4.74. The maximum atomic E-state index is 11.7. The first kappa shape index (κ1) is 16.1. The molecule has 0 atom stereocenters. The third-order valence-corrected chi connectivity index (χ3v) is 3.03. The van der Waals surface area contributed by atoms with Crippen LogP contribution in [0.2, 0.25) is 0 Å². The van der Waals surface area contributed by atoms with Crippen LogP contribution >= 0.6 is 0 Å². The Balaban J connectivity index is 1.78. The van der Waals surface area contributed by atoms with E-state index in [2.05, 4.69) is 10.3 Å². The molecule has 1 aromatic heterocycles. The van der Waals surface area contributed by atoms with Gasteiger partial charge in [-0.1, -0.05) is 24.3 Å². The fourth-order valence-corrected chi connectivity index (χ4v) is 1.95. The molecule has 0 saturated carbocycles. The smallest absolute Gasteiger partial charge is 0.244 e. The highest BCUT2D eigenvalue weighted by Gasteiger charge is 1.97. The zero-order chi connectivity index (χ0) is 15.6. The average molecular weight is 300 g/mol. The highest BCUT2D eigenvalue weighted by atomic mass is 16.5. The number of amides is 1. The van der Waals surface area contributed by atoms with E-state index in [0.29, 0.717) is 26.2 Å². The number of carbonyl (C=O) groups excluding carboxylic acids is 1. The number of para-hydroxylation sites is 1. The van der Waals surface area contributed by atoms with Crippen LogP contribution in [0.1, 0.15) is 12.1 Å². The fraction of sp³-hybridized carbons (Fsp3) is 0.294. The van der Waals surface area contributed by atoms with Crippen molar-refractivity contribution in [3.8, 4) is 0 Å². The van der Waals surface area contributed by atoms with Crippen molar-refractivity contribution in [2.24, 2.45) is 0 Å². The van der Waals surface area contributed by atoms with Gasteiger partial charge in [-0.2, -0.15) is 0 Å². The van der Waals surface area contributed by atoms with Crippen molar-refractivity contribution in [3.05, 3.63) is 48.2 Å². The van der Waals surface area contributed by atoms with Crippen LogP contribution in [-0.4, -0.2) is 42.4 Å². The number of aliphatic hydroxyl groups is 1. The van der Waals surface area contributed by atoms with Gasteiger partial charge >= 0.3 is 0 Å². The molecular weight excluding hydrogens is 280 g/mol. The molecule has 1 amide bonds. The summed E-state index contributed by atoms with van der Waals surface area (Å²) in [6, 6.07) is 11.7. The first-order valence-corrected chi connectivity index (χ1v) is 7.30. The molecule has 116 valence electrons. The van der Waals surface area contributed by atoms with Gasteiger partial charge in [0.2, 0.25) is 5.91 Å². The maximum Gasteiger partial charge on any atom is 0.244 e. The van der Waals surface area contributed by atoms with Crippen LogP contribution in [0.5, 0.6) is 0 Å². The van der Waals surface area contributed by atoms with E-state index in [9.17, 15) is 4.79 Å². The molecule has 22 heavy (non-hydrogen) atoms. The summed E-state index contributed by atoms with van der Waals surface area (Å²) in [5.74, 6) is -0.155. The predicted molar refractivity (Wildman–Crippen MR) is 86.3 cm³/mol. The molecule has 0 aliphatic heterocycles. The number of pyridine rings is 1. The molecule has 2 rings (SSSR count). The first-order valence-electron chi connectivity index (χ1n) is 7.30. The summed E-state index contributed by atoms with van der Waals surface area (Å²) in [6.07, 6.45) is 3.89. The van der Waals surface area contributed by atoms with E-state index >= 15 is 0 Å². The van der Waals surface area contributed by atoms with Crippen LogP contribution in [0.3, 0.4) is 0 Å². The van der Waals surface area contributed by atoms with Crippen LogP contribution in [0.15, 0.2) is 42.5 Å². The monoisotopic (exact) mass is 300 g/mol. The lowest BCUT2D eigenvalue weighted by atomic mass is 10.2. The lowest BCUT2D eigenvalue weighted by molar-refractivity contribution is -0.116. The van der Waals surface area contributed by atoms with Crippen molar-refractivity contribution in [3.63, 3.8) is 0 Å². The lowest BCUT2D eigenvalue weighted by Crippen LogP contribution is -2.23. The number of hydrogen-bond donors (Lipinski definition) is 2. The van der Waals surface area contributed by atoms with Gasteiger partial charge in [0, 0.05) is 24.6 Å². The maximum absolute atomic E-state index is 11.7. The van der Waals surface area contributed by atoms with Gasteiger partial charge in [-0.05, 0) is 24.6 Å². The van der Waals surface area contributed by atoms with Crippen molar-refractivity contribution < 1.29 is 14.6 Å². The number of aromatic nitrogens is 1. The number of ether oxygens (including phenoxy) is 1. The van der Waals surface area contributed by atoms with E-state index in [1.807, 2.05) is 36.4 Å². The van der Waals surface area contributed by atoms with E-state index in [0.717, 1.165) is 16.6 Å². The first-order chi connectivity index (χ1) is 10.8. The van der Waals surface area contributed by atoms with Gasteiger partial charge in [0.15, 0.2) is 0 Å². The van der Waals surface area contributed by atoms with Gasteiger partial charge < -0.3 is 15.2 Å². The summed E-state index contributed by atoms with van der Waals surface area (Å²) in [5, 5.41) is 12.4. The minimum Gasteiger partial charge on any atom is -0.394 e. The van der Waals surface area contributed by atoms with E-state index in [1.54, 1.807) is 6.08 Å². The summed E-state index contributed by atoms with van der Waals surface area (Å²) in [5.41, 5.74) is 1.66. The molecule has 0 spiro atoms. The van der Waals surface area contributed by atoms with Crippen LogP contribution < -0.4 is 5.32 Å². The van der Waals surface area contributed by atoms with Crippen LogP contribution in [0.25, 0.3) is 17.0 Å². The molecule has 2 aromatic rings. The third kappa shape index (κ3) is 5.27. The largest absolute Gasteiger partial charge is 0.394 e. The van der Waals surface area contributed by atoms with E-state index < -0.39 is 0 Å². The molecule has 2 N–H and O–H groups in total. The zero-order valence-electron chi connectivity index (χ0n) is 12.4. The normalized spacial score (nSPS) is 11.1. The Hall–Kier alpha value is -2.24. The second-order valence-electron chi connectivity index (χ2n) is 4.74. The molecule has 5 heteroatoms. The Morgan fingerprint density at radius 1 is 1.23 bits per heavy atom. The molecule has 0 fully saturated rings. The van der Waals surface area contributed by atoms with Gasteiger partial charge in [0.05, 0.1) is 24.4 Å². The average Bonchev–Trinajstić information content (AvgIpc) is 2.56. The minimum atomic E-state index is -0.155. The highest BCUT2D eigenvalue weighted by molar-refractivity contribution is 5.91. The Morgan fingerprint density at radius 2 is 2.09 bits per heavy atom. The number of rotatable bonds is 8. The van der Waals surface area contributed by atoms with Crippen molar-refractivity contribution >= 4 is 22.9 Å². The zero-order valence-corrected chi connectivity index (χ0v) is 12.4. The Labute approximate surface area is 129 Å². The van der Waals surface area contributed by atoms with Crippen LogP contribution in [-0.2, 0) is 9.53 Å². The van der Waals surface area contributed by atoms with E-state index in [1.165, 1.54) is 6.08 Å². The third-order valence-electron chi connectivity index (χ3n) is 3.03. The van der Waals surface area contributed by atoms with Crippen LogP contribution in [0.4, 0.5) is 0 Å². The van der Waals surface area contributed by atoms with Gasteiger partial charge in [-0.3, -0.25) is 4.79 Å². The number of benzene rings is 1. The van der Waals surface area contributed by atoms with E-state index in [-0.39, 0.29) is 12.5 Å². The molecule has 1 aromatic carbocycles. The number of carbonyl (C=O) groups is 1.